The molecule has 1 saturated carbocycles. The summed E-state index contributed by atoms with van der Waals surface area (Å²) in [6.45, 7) is 4.94. The van der Waals surface area contributed by atoms with E-state index in [4.69, 9.17) is 4.98 Å². The van der Waals surface area contributed by atoms with E-state index >= 15 is 0 Å². The number of aromatic nitrogens is 2. The van der Waals surface area contributed by atoms with E-state index in [1.807, 2.05) is 0 Å². The van der Waals surface area contributed by atoms with Gasteiger partial charge in [0.15, 0.2) is 0 Å². The fourth-order valence-electron chi connectivity index (χ4n) is 3.40. The summed E-state index contributed by atoms with van der Waals surface area (Å²) in [5, 5.41) is 4.16. The highest BCUT2D eigenvalue weighted by atomic mass is 32.1. The van der Waals surface area contributed by atoms with Crippen LogP contribution in [0.5, 0.6) is 0 Å². The Morgan fingerprint density at radius 3 is 2.62 bits per heavy atom. The zero-order chi connectivity index (χ0) is 17.9. The number of nitrogens with zero attached hydrogens (tertiary/aromatic N) is 3. The van der Waals surface area contributed by atoms with Crippen LogP contribution in [-0.2, 0) is 11.2 Å². The molecule has 1 aliphatic heterocycles. The molecule has 1 aromatic carbocycles. The van der Waals surface area contributed by atoms with Crippen LogP contribution in [0.1, 0.15) is 42.6 Å². The van der Waals surface area contributed by atoms with Crippen LogP contribution in [0, 0.1) is 18.8 Å². The van der Waals surface area contributed by atoms with Crippen molar-refractivity contribution in [2.45, 2.75) is 39.0 Å². The lowest BCUT2D eigenvalue weighted by Gasteiger charge is -2.31. The lowest BCUT2D eigenvalue weighted by molar-refractivity contribution is -0.122. The molecule has 0 spiro atoms. The zero-order valence-electron chi connectivity index (χ0n) is 15.3. The van der Waals surface area contributed by atoms with E-state index in [1.165, 1.54) is 22.7 Å². The summed E-state index contributed by atoms with van der Waals surface area (Å²) in [7, 11) is 0. The normalized spacial score (nSPS) is 18.1. The SMILES string of the molecule is Cc1ccc(Cc2nsc(N3CCC(CNC(=O)C4CC4)CC3)n2)cc1. The maximum atomic E-state index is 11.8. The fourth-order valence-corrected chi connectivity index (χ4v) is 4.13. The van der Waals surface area contributed by atoms with Crippen LogP contribution in [0.25, 0.3) is 0 Å². The van der Waals surface area contributed by atoms with Gasteiger partial charge in [0, 0.05) is 43.5 Å². The third kappa shape index (κ3) is 4.41. The van der Waals surface area contributed by atoms with Gasteiger partial charge in [0.05, 0.1) is 0 Å². The number of anilines is 1. The molecule has 1 amide bonds. The van der Waals surface area contributed by atoms with Crippen molar-refractivity contribution in [2.24, 2.45) is 11.8 Å². The molecule has 6 heteroatoms. The molecule has 4 rings (SSSR count). The van der Waals surface area contributed by atoms with E-state index in [-0.39, 0.29) is 5.91 Å². The highest BCUT2D eigenvalue weighted by Gasteiger charge is 2.30. The van der Waals surface area contributed by atoms with Gasteiger partial charge in [0.2, 0.25) is 11.0 Å². The number of hydrogen-bond acceptors (Lipinski definition) is 5. The van der Waals surface area contributed by atoms with Crippen molar-refractivity contribution in [1.29, 1.82) is 0 Å². The van der Waals surface area contributed by atoms with Crippen molar-refractivity contribution in [1.82, 2.24) is 14.7 Å². The topological polar surface area (TPSA) is 58.1 Å². The molecule has 1 saturated heterocycles. The van der Waals surface area contributed by atoms with Gasteiger partial charge in [-0.3, -0.25) is 4.79 Å². The maximum Gasteiger partial charge on any atom is 0.223 e. The molecule has 5 nitrogen and oxygen atoms in total. The Morgan fingerprint density at radius 2 is 1.92 bits per heavy atom. The van der Waals surface area contributed by atoms with E-state index in [9.17, 15) is 4.79 Å². The van der Waals surface area contributed by atoms with Gasteiger partial charge in [-0.05, 0) is 44.1 Å². The van der Waals surface area contributed by atoms with Crippen molar-refractivity contribution in [3.05, 3.63) is 41.2 Å². The summed E-state index contributed by atoms with van der Waals surface area (Å²) < 4.78 is 4.55. The molecule has 0 atom stereocenters. The van der Waals surface area contributed by atoms with Crippen LogP contribution in [0.2, 0.25) is 0 Å². The van der Waals surface area contributed by atoms with Gasteiger partial charge in [0.25, 0.3) is 0 Å². The van der Waals surface area contributed by atoms with Crippen molar-refractivity contribution in [3.63, 3.8) is 0 Å². The Kier molecular flexibility index (Phi) is 5.20. The molecular weight excluding hydrogens is 344 g/mol. The molecular formula is C20H26N4OS. The number of hydrogen-bond donors (Lipinski definition) is 1. The van der Waals surface area contributed by atoms with Crippen LogP contribution in [0.15, 0.2) is 24.3 Å². The molecule has 26 heavy (non-hydrogen) atoms. The highest BCUT2D eigenvalue weighted by molar-refractivity contribution is 7.09. The number of amides is 1. The van der Waals surface area contributed by atoms with Gasteiger partial charge in [-0.2, -0.15) is 4.37 Å². The van der Waals surface area contributed by atoms with E-state index in [1.54, 1.807) is 0 Å². The first-order valence-electron chi connectivity index (χ1n) is 9.58. The number of carbonyl (C=O) groups is 1. The summed E-state index contributed by atoms with van der Waals surface area (Å²) in [4.78, 5) is 18.9. The van der Waals surface area contributed by atoms with Crippen LogP contribution >= 0.6 is 11.5 Å². The molecule has 138 valence electrons. The van der Waals surface area contributed by atoms with Crippen LogP contribution in [-0.4, -0.2) is 34.9 Å². The largest absolute Gasteiger partial charge is 0.356 e. The smallest absolute Gasteiger partial charge is 0.223 e. The monoisotopic (exact) mass is 370 g/mol. The number of nitrogens with one attached hydrogen (secondary N) is 1. The predicted molar refractivity (Wildman–Crippen MR) is 105 cm³/mol. The summed E-state index contributed by atoms with van der Waals surface area (Å²) in [6, 6.07) is 8.57. The van der Waals surface area contributed by atoms with Gasteiger partial charge in [-0.15, -0.1) is 0 Å². The Labute approximate surface area is 159 Å². The number of carbonyl (C=O) groups excluding carboxylic acids is 1. The first kappa shape index (κ1) is 17.5. The standard InChI is InChI=1S/C20H26N4OS/c1-14-2-4-15(5-3-14)12-18-22-20(26-23-18)24-10-8-16(9-11-24)13-21-19(25)17-6-7-17/h2-5,16-17H,6-13H2,1H3,(H,21,25). The maximum absolute atomic E-state index is 11.8. The van der Waals surface area contributed by atoms with Crippen LogP contribution < -0.4 is 10.2 Å². The second-order valence-corrected chi connectivity index (χ2v) is 8.34. The number of aryl methyl sites for hydroxylation is 1. The predicted octanol–water partition coefficient (Wildman–Crippen LogP) is 3.18. The molecule has 1 N–H and O–H groups in total. The van der Waals surface area contributed by atoms with Crippen molar-refractivity contribution < 1.29 is 4.79 Å². The Bertz CT molecular complexity index is 745. The van der Waals surface area contributed by atoms with Gasteiger partial charge in [-0.25, -0.2) is 4.98 Å². The summed E-state index contributed by atoms with van der Waals surface area (Å²) in [5.41, 5.74) is 2.53. The average Bonchev–Trinajstić information content (AvgIpc) is 3.42. The number of benzene rings is 1. The highest BCUT2D eigenvalue weighted by Crippen LogP contribution is 2.29. The van der Waals surface area contributed by atoms with Crippen LogP contribution in [0.3, 0.4) is 0 Å². The molecule has 2 aliphatic rings. The van der Waals surface area contributed by atoms with E-state index in [0.717, 1.165) is 62.7 Å². The molecule has 0 bridgehead atoms. The third-order valence-electron chi connectivity index (χ3n) is 5.34. The second kappa shape index (κ2) is 7.74. The lowest BCUT2D eigenvalue weighted by Crippen LogP contribution is -2.39. The second-order valence-electron chi connectivity index (χ2n) is 7.61. The Hall–Kier alpha value is -1.95. The summed E-state index contributed by atoms with van der Waals surface area (Å²) >= 11 is 1.51. The molecule has 0 unspecified atom stereocenters. The Balaban J connectivity index is 1.26. The third-order valence-corrected chi connectivity index (χ3v) is 6.15. The summed E-state index contributed by atoms with van der Waals surface area (Å²) in [6.07, 6.45) is 5.16. The minimum atomic E-state index is 0.261. The van der Waals surface area contributed by atoms with Gasteiger partial charge < -0.3 is 10.2 Å². The molecule has 2 heterocycles. The fraction of sp³-hybridized carbons (Fsp3) is 0.550. The first-order valence-corrected chi connectivity index (χ1v) is 10.4. The van der Waals surface area contributed by atoms with Gasteiger partial charge >= 0.3 is 0 Å². The van der Waals surface area contributed by atoms with E-state index < -0.39 is 0 Å². The van der Waals surface area contributed by atoms with E-state index in [2.05, 4.69) is 45.8 Å². The number of piperidine rings is 1. The van der Waals surface area contributed by atoms with Crippen molar-refractivity contribution >= 4 is 22.6 Å². The quantitative estimate of drug-likeness (QED) is 0.848. The summed E-state index contributed by atoms with van der Waals surface area (Å²) in [5.74, 6) is 2.07. The molecule has 2 aromatic rings. The lowest BCUT2D eigenvalue weighted by atomic mass is 9.97. The van der Waals surface area contributed by atoms with Crippen molar-refractivity contribution in [3.8, 4) is 0 Å². The van der Waals surface area contributed by atoms with E-state index in [0.29, 0.717) is 11.8 Å². The van der Waals surface area contributed by atoms with Gasteiger partial charge in [0.1, 0.15) is 5.82 Å². The minimum absolute atomic E-state index is 0.261. The Morgan fingerprint density at radius 1 is 1.19 bits per heavy atom. The first-order chi connectivity index (χ1) is 12.7. The minimum Gasteiger partial charge on any atom is -0.356 e. The molecule has 1 aromatic heterocycles. The average molecular weight is 371 g/mol. The zero-order valence-corrected chi connectivity index (χ0v) is 16.1. The van der Waals surface area contributed by atoms with Crippen LogP contribution in [0.4, 0.5) is 5.13 Å². The number of rotatable bonds is 6. The molecule has 1 aliphatic carbocycles. The van der Waals surface area contributed by atoms with Gasteiger partial charge in [-0.1, -0.05) is 29.8 Å². The molecule has 2 fully saturated rings. The van der Waals surface area contributed by atoms with Crippen molar-refractivity contribution in [2.75, 3.05) is 24.5 Å². The molecule has 0 radical (unpaired) electrons.